The van der Waals surface area contributed by atoms with Crippen molar-refractivity contribution in [3.05, 3.63) is 29.8 Å². The van der Waals surface area contributed by atoms with Crippen LogP contribution in [0.25, 0.3) is 0 Å². The van der Waals surface area contributed by atoms with Gasteiger partial charge in [-0.25, -0.2) is 0 Å². The number of phenolic OH excluding ortho intramolecular Hbond substituents is 1. The largest absolute Gasteiger partial charge is 0.508 e. The zero-order valence-corrected chi connectivity index (χ0v) is 8.09. The number of rotatable bonds is 3. The topological polar surface area (TPSA) is 20.2 Å². The molecular formula is C10H14OS. The van der Waals surface area contributed by atoms with E-state index in [9.17, 15) is 5.11 Å². The maximum atomic E-state index is 9.21. The van der Waals surface area contributed by atoms with Gasteiger partial charge in [-0.05, 0) is 35.8 Å². The summed E-state index contributed by atoms with van der Waals surface area (Å²) < 4.78 is 0. The summed E-state index contributed by atoms with van der Waals surface area (Å²) in [4.78, 5) is 0. The molecule has 1 aromatic carbocycles. The lowest BCUT2D eigenvalue weighted by atomic mass is 9.99. The number of hydrogen-bond acceptors (Lipinski definition) is 2. The summed E-state index contributed by atoms with van der Waals surface area (Å²) in [5.41, 5.74) is 1.18. The highest BCUT2D eigenvalue weighted by Gasteiger charge is 2.03. The highest BCUT2D eigenvalue weighted by Crippen LogP contribution is 2.22. The van der Waals surface area contributed by atoms with Crippen LogP contribution < -0.4 is 0 Å². The minimum absolute atomic E-state index is 0.346. The summed E-state index contributed by atoms with van der Waals surface area (Å²) in [6, 6.07) is 7.42. The molecule has 0 saturated carbocycles. The van der Waals surface area contributed by atoms with Crippen molar-refractivity contribution < 1.29 is 5.11 Å². The Morgan fingerprint density at radius 3 is 2.83 bits per heavy atom. The molecule has 1 aromatic rings. The molecule has 0 aromatic heterocycles. The highest BCUT2D eigenvalue weighted by molar-refractivity contribution is 7.80. The lowest BCUT2D eigenvalue weighted by Gasteiger charge is -2.09. The zero-order chi connectivity index (χ0) is 8.97. The van der Waals surface area contributed by atoms with Crippen molar-refractivity contribution >= 4 is 12.6 Å². The predicted octanol–water partition coefficient (Wildman–Crippen LogP) is 2.82. The molecule has 66 valence electrons. The van der Waals surface area contributed by atoms with Crippen LogP contribution in [0, 0.1) is 0 Å². The summed E-state index contributed by atoms with van der Waals surface area (Å²) >= 11 is 4.17. The van der Waals surface area contributed by atoms with Crippen LogP contribution in [-0.4, -0.2) is 10.9 Å². The summed E-state index contributed by atoms with van der Waals surface area (Å²) in [5, 5.41) is 9.21. The molecule has 0 aliphatic heterocycles. The lowest BCUT2D eigenvalue weighted by Crippen LogP contribution is -1.93. The van der Waals surface area contributed by atoms with Crippen molar-refractivity contribution in [1.29, 1.82) is 0 Å². The predicted molar refractivity (Wildman–Crippen MR) is 55.0 cm³/mol. The molecule has 1 unspecified atom stereocenters. The first-order valence-corrected chi connectivity index (χ1v) is 4.77. The van der Waals surface area contributed by atoms with Gasteiger partial charge in [0.15, 0.2) is 0 Å². The minimum atomic E-state index is 0.346. The maximum Gasteiger partial charge on any atom is 0.115 e. The van der Waals surface area contributed by atoms with Gasteiger partial charge in [0, 0.05) is 0 Å². The van der Waals surface area contributed by atoms with E-state index in [0.717, 1.165) is 12.2 Å². The standard InChI is InChI=1S/C10H14OS/c1-8(5-6-12)9-3-2-4-10(11)7-9/h2-4,7-8,11-12H,5-6H2,1H3. The molecule has 0 bridgehead atoms. The van der Waals surface area contributed by atoms with Gasteiger partial charge < -0.3 is 5.11 Å². The molecule has 1 atom stereocenters. The summed E-state index contributed by atoms with van der Waals surface area (Å²) in [6.07, 6.45) is 1.05. The maximum absolute atomic E-state index is 9.21. The number of thiol groups is 1. The summed E-state index contributed by atoms with van der Waals surface area (Å²) in [5.74, 6) is 1.71. The van der Waals surface area contributed by atoms with Gasteiger partial charge in [-0.2, -0.15) is 12.6 Å². The average molecular weight is 182 g/mol. The molecule has 0 radical (unpaired) electrons. The highest BCUT2D eigenvalue weighted by atomic mass is 32.1. The van der Waals surface area contributed by atoms with E-state index >= 15 is 0 Å². The van der Waals surface area contributed by atoms with Gasteiger partial charge >= 0.3 is 0 Å². The molecule has 0 amide bonds. The van der Waals surface area contributed by atoms with Crippen LogP contribution in [0.2, 0.25) is 0 Å². The van der Waals surface area contributed by atoms with Gasteiger partial charge in [0.05, 0.1) is 0 Å². The first-order chi connectivity index (χ1) is 5.74. The summed E-state index contributed by atoms with van der Waals surface area (Å²) in [6.45, 7) is 2.14. The van der Waals surface area contributed by atoms with Gasteiger partial charge in [0.1, 0.15) is 5.75 Å². The fourth-order valence-corrected chi connectivity index (χ4v) is 1.58. The molecule has 2 heteroatoms. The van der Waals surface area contributed by atoms with Crippen LogP contribution >= 0.6 is 12.6 Å². The van der Waals surface area contributed by atoms with Crippen molar-refractivity contribution in [1.82, 2.24) is 0 Å². The molecule has 1 N–H and O–H groups in total. The molecule has 0 aliphatic rings. The monoisotopic (exact) mass is 182 g/mol. The Balaban J connectivity index is 2.73. The van der Waals surface area contributed by atoms with E-state index < -0.39 is 0 Å². The van der Waals surface area contributed by atoms with E-state index in [0.29, 0.717) is 11.7 Å². The summed E-state index contributed by atoms with van der Waals surface area (Å²) in [7, 11) is 0. The van der Waals surface area contributed by atoms with Gasteiger partial charge in [-0.15, -0.1) is 0 Å². The van der Waals surface area contributed by atoms with Crippen molar-refractivity contribution in [2.45, 2.75) is 19.3 Å². The number of hydrogen-bond donors (Lipinski definition) is 2. The van der Waals surface area contributed by atoms with Gasteiger partial charge in [-0.1, -0.05) is 19.1 Å². The molecule has 0 aliphatic carbocycles. The van der Waals surface area contributed by atoms with Gasteiger partial charge in [0.25, 0.3) is 0 Å². The normalized spacial score (nSPS) is 12.8. The van der Waals surface area contributed by atoms with E-state index in [1.807, 2.05) is 18.2 Å². The van der Waals surface area contributed by atoms with E-state index in [2.05, 4.69) is 19.6 Å². The Labute approximate surface area is 78.8 Å². The van der Waals surface area contributed by atoms with Gasteiger partial charge in [0.2, 0.25) is 0 Å². The quantitative estimate of drug-likeness (QED) is 0.689. The molecule has 0 heterocycles. The van der Waals surface area contributed by atoms with E-state index in [1.165, 1.54) is 5.56 Å². The molecule has 0 fully saturated rings. The number of benzene rings is 1. The first-order valence-electron chi connectivity index (χ1n) is 4.14. The average Bonchev–Trinajstić information content (AvgIpc) is 2.05. The number of phenols is 1. The van der Waals surface area contributed by atoms with Crippen LogP contribution in [0.5, 0.6) is 5.75 Å². The fraction of sp³-hybridized carbons (Fsp3) is 0.400. The first kappa shape index (κ1) is 9.46. The molecule has 1 rings (SSSR count). The third-order valence-electron chi connectivity index (χ3n) is 2.00. The van der Waals surface area contributed by atoms with E-state index in [1.54, 1.807) is 6.07 Å². The van der Waals surface area contributed by atoms with Crippen LogP contribution in [0.1, 0.15) is 24.8 Å². The fourth-order valence-electron chi connectivity index (χ4n) is 1.19. The molecule has 1 nitrogen and oxygen atoms in total. The van der Waals surface area contributed by atoms with Crippen LogP contribution in [0.15, 0.2) is 24.3 Å². The van der Waals surface area contributed by atoms with Crippen LogP contribution in [0.4, 0.5) is 0 Å². The molecule has 12 heavy (non-hydrogen) atoms. The molecule has 0 saturated heterocycles. The van der Waals surface area contributed by atoms with Crippen LogP contribution in [-0.2, 0) is 0 Å². The van der Waals surface area contributed by atoms with Crippen molar-refractivity contribution in [2.75, 3.05) is 5.75 Å². The second kappa shape index (κ2) is 4.41. The zero-order valence-electron chi connectivity index (χ0n) is 7.20. The van der Waals surface area contributed by atoms with Crippen molar-refractivity contribution in [3.63, 3.8) is 0 Å². The molecular weight excluding hydrogens is 168 g/mol. The van der Waals surface area contributed by atoms with Gasteiger partial charge in [-0.3, -0.25) is 0 Å². The Hall–Kier alpha value is -0.630. The smallest absolute Gasteiger partial charge is 0.115 e. The third-order valence-corrected chi connectivity index (χ3v) is 2.26. The Bertz CT molecular complexity index is 247. The van der Waals surface area contributed by atoms with Crippen molar-refractivity contribution in [2.24, 2.45) is 0 Å². The third kappa shape index (κ3) is 2.45. The Kier molecular flexibility index (Phi) is 3.48. The lowest BCUT2D eigenvalue weighted by molar-refractivity contribution is 0.473. The van der Waals surface area contributed by atoms with E-state index in [-0.39, 0.29) is 0 Å². The SMILES string of the molecule is CC(CCS)c1cccc(O)c1. The Morgan fingerprint density at radius 1 is 1.50 bits per heavy atom. The minimum Gasteiger partial charge on any atom is -0.508 e. The Morgan fingerprint density at radius 2 is 2.25 bits per heavy atom. The second-order valence-corrected chi connectivity index (χ2v) is 3.46. The van der Waals surface area contributed by atoms with Crippen molar-refractivity contribution in [3.8, 4) is 5.75 Å². The van der Waals surface area contributed by atoms with Crippen LogP contribution in [0.3, 0.4) is 0 Å². The number of aromatic hydroxyl groups is 1. The van der Waals surface area contributed by atoms with E-state index in [4.69, 9.17) is 0 Å². The second-order valence-electron chi connectivity index (χ2n) is 3.01. The molecule has 0 spiro atoms.